The van der Waals surface area contributed by atoms with E-state index in [1.165, 1.54) is 0 Å². The number of ether oxygens (including phenoxy) is 4. The molecule has 1 N–H and O–H groups in total. The van der Waals surface area contributed by atoms with Gasteiger partial charge in [-0.2, -0.15) is 0 Å². The predicted octanol–water partition coefficient (Wildman–Crippen LogP) is 7.14. The van der Waals surface area contributed by atoms with Crippen LogP contribution in [0.25, 0.3) is 0 Å². The lowest BCUT2D eigenvalue weighted by molar-refractivity contribution is 0.190. The van der Waals surface area contributed by atoms with Gasteiger partial charge in [-0.3, -0.25) is 0 Å². The Bertz CT molecular complexity index is 1270. The molecule has 0 radical (unpaired) electrons. The van der Waals surface area contributed by atoms with Gasteiger partial charge in [0.1, 0.15) is 31.3 Å². The molecule has 5 nitrogen and oxygen atoms in total. The predicted molar refractivity (Wildman–Crippen MR) is 141 cm³/mol. The van der Waals surface area contributed by atoms with E-state index in [1.807, 2.05) is 72.8 Å². The molecule has 4 aromatic carbocycles. The third-order valence-electron chi connectivity index (χ3n) is 5.59. The zero-order chi connectivity index (χ0) is 25.3. The van der Waals surface area contributed by atoms with Crippen molar-refractivity contribution < 1.29 is 24.1 Å². The van der Waals surface area contributed by atoms with Gasteiger partial charge >= 0.3 is 0 Å². The summed E-state index contributed by atoms with van der Waals surface area (Å²) >= 11 is 6.06. The SMILES string of the molecule is COc1ccc(COc2cccc(COc3ccc(Cl)cc3C(C)O)c2)cc1OCc1ccccc1. The van der Waals surface area contributed by atoms with Gasteiger partial charge in [-0.25, -0.2) is 0 Å². The number of hydrogen-bond donors (Lipinski definition) is 1. The van der Waals surface area contributed by atoms with E-state index in [9.17, 15) is 5.11 Å². The number of aliphatic hydroxyl groups is 1. The largest absolute Gasteiger partial charge is 0.493 e. The molecule has 4 rings (SSSR count). The van der Waals surface area contributed by atoms with Gasteiger partial charge in [0.05, 0.1) is 13.2 Å². The molecule has 0 saturated heterocycles. The normalized spacial score (nSPS) is 11.6. The molecule has 0 fully saturated rings. The van der Waals surface area contributed by atoms with Gasteiger partial charge < -0.3 is 24.1 Å². The Morgan fingerprint density at radius 2 is 1.33 bits per heavy atom. The van der Waals surface area contributed by atoms with E-state index in [0.29, 0.717) is 47.7 Å². The molecular formula is C30H29ClO5. The smallest absolute Gasteiger partial charge is 0.162 e. The van der Waals surface area contributed by atoms with E-state index >= 15 is 0 Å². The Balaban J connectivity index is 1.38. The average molecular weight is 505 g/mol. The van der Waals surface area contributed by atoms with E-state index in [4.69, 9.17) is 30.5 Å². The van der Waals surface area contributed by atoms with Gasteiger partial charge in [0, 0.05) is 10.6 Å². The number of halogens is 1. The fourth-order valence-corrected chi connectivity index (χ4v) is 3.87. The summed E-state index contributed by atoms with van der Waals surface area (Å²) in [5.74, 6) is 2.67. The first kappa shape index (κ1) is 25.4. The Morgan fingerprint density at radius 3 is 2.11 bits per heavy atom. The van der Waals surface area contributed by atoms with Crippen molar-refractivity contribution in [1.29, 1.82) is 0 Å². The van der Waals surface area contributed by atoms with Crippen LogP contribution in [0.15, 0.2) is 91.0 Å². The summed E-state index contributed by atoms with van der Waals surface area (Å²) < 4.78 is 23.5. The van der Waals surface area contributed by atoms with Crippen molar-refractivity contribution in [3.8, 4) is 23.0 Å². The highest BCUT2D eigenvalue weighted by molar-refractivity contribution is 6.30. The monoisotopic (exact) mass is 504 g/mol. The van der Waals surface area contributed by atoms with Gasteiger partial charge in [0.2, 0.25) is 0 Å². The minimum atomic E-state index is -0.681. The number of aliphatic hydroxyl groups excluding tert-OH is 1. The van der Waals surface area contributed by atoms with Crippen LogP contribution in [0.3, 0.4) is 0 Å². The Labute approximate surface area is 216 Å². The topological polar surface area (TPSA) is 57.2 Å². The lowest BCUT2D eigenvalue weighted by Crippen LogP contribution is -2.02. The quantitative estimate of drug-likeness (QED) is 0.235. The third kappa shape index (κ3) is 6.94. The van der Waals surface area contributed by atoms with Crippen molar-refractivity contribution in [3.05, 3.63) is 118 Å². The first-order chi connectivity index (χ1) is 17.5. The summed E-state index contributed by atoms with van der Waals surface area (Å²) in [6.45, 7) is 2.84. The number of benzene rings is 4. The maximum absolute atomic E-state index is 10.0. The second-order valence-electron chi connectivity index (χ2n) is 8.34. The van der Waals surface area contributed by atoms with Crippen LogP contribution in [0.5, 0.6) is 23.0 Å². The highest BCUT2D eigenvalue weighted by Gasteiger charge is 2.11. The summed E-state index contributed by atoms with van der Waals surface area (Å²) in [4.78, 5) is 0. The van der Waals surface area contributed by atoms with Gasteiger partial charge in [-0.05, 0) is 66.1 Å². The van der Waals surface area contributed by atoms with E-state index in [2.05, 4.69) is 0 Å². The molecule has 1 atom stereocenters. The second-order valence-corrected chi connectivity index (χ2v) is 8.78. The molecule has 186 valence electrons. The molecule has 0 spiro atoms. The number of rotatable bonds is 11. The molecule has 0 bridgehead atoms. The maximum atomic E-state index is 10.0. The average Bonchev–Trinajstić information content (AvgIpc) is 2.90. The van der Waals surface area contributed by atoms with Gasteiger partial charge in [0.15, 0.2) is 11.5 Å². The second kappa shape index (κ2) is 12.3. The standard InChI is InChI=1S/C30H29ClO5/c1-21(32)27-17-25(31)12-14-28(27)35-20-23-9-6-10-26(15-23)34-19-24-11-13-29(33-2)30(16-24)36-18-22-7-4-3-5-8-22/h3-17,21,32H,18-20H2,1-2H3. The van der Waals surface area contributed by atoms with Crippen molar-refractivity contribution in [2.45, 2.75) is 32.8 Å². The van der Waals surface area contributed by atoms with Crippen LogP contribution in [-0.2, 0) is 19.8 Å². The minimum absolute atomic E-state index is 0.332. The lowest BCUT2D eigenvalue weighted by atomic mass is 10.1. The maximum Gasteiger partial charge on any atom is 0.162 e. The molecular weight excluding hydrogens is 476 g/mol. The van der Waals surface area contributed by atoms with Crippen molar-refractivity contribution in [3.63, 3.8) is 0 Å². The number of hydrogen-bond acceptors (Lipinski definition) is 5. The van der Waals surface area contributed by atoms with Crippen LogP contribution < -0.4 is 18.9 Å². The fraction of sp³-hybridized carbons (Fsp3) is 0.200. The molecule has 1 unspecified atom stereocenters. The first-order valence-electron chi connectivity index (χ1n) is 11.7. The summed E-state index contributed by atoms with van der Waals surface area (Å²) in [5.41, 5.74) is 3.64. The van der Waals surface area contributed by atoms with Gasteiger partial charge in [-0.1, -0.05) is 60.1 Å². The molecule has 6 heteroatoms. The van der Waals surface area contributed by atoms with Crippen LogP contribution in [-0.4, -0.2) is 12.2 Å². The lowest BCUT2D eigenvalue weighted by Gasteiger charge is -2.15. The van der Waals surface area contributed by atoms with Crippen molar-refractivity contribution in [1.82, 2.24) is 0 Å². The minimum Gasteiger partial charge on any atom is -0.493 e. The molecule has 0 saturated carbocycles. The van der Waals surface area contributed by atoms with Gasteiger partial charge in [-0.15, -0.1) is 0 Å². The molecule has 0 aliphatic rings. The molecule has 0 aromatic heterocycles. The van der Waals surface area contributed by atoms with Crippen LogP contribution >= 0.6 is 11.6 Å². The highest BCUT2D eigenvalue weighted by atomic mass is 35.5. The summed E-state index contributed by atoms with van der Waals surface area (Å²) in [6, 6.07) is 28.7. The van der Waals surface area contributed by atoms with Crippen molar-refractivity contribution >= 4 is 11.6 Å². The van der Waals surface area contributed by atoms with E-state index in [1.54, 1.807) is 32.2 Å². The van der Waals surface area contributed by atoms with Crippen LogP contribution in [0.4, 0.5) is 0 Å². The van der Waals surface area contributed by atoms with Crippen LogP contribution in [0.1, 0.15) is 35.3 Å². The summed E-state index contributed by atoms with van der Waals surface area (Å²) in [5, 5.41) is 10.6. The molecule has 0 heterocycles. The van der Waals surface area contributed by atoms with E-state index in [0.717, 1.165) is 22.4 Å². The summed E-state index contributed by atoms with van der Waals surface area (Å²) in [6.07, 6.45) is -0.681. The van der Waals surface area contributed by atoms with Crippen LogP contribution in [0.2, 0.25) is 5.02 Å². The zero-order valence-electron chi connectivity index (χ0n) is 20.3. The third-order valence-corrected chi connectivity index (χ3v) is 5.82. The molecule has 0 aliphatic carbocycles. The van der Waals surface area contributed by atoms with Gasteiger partial charge in [0.25, 0.3) is 0 Å². The summed E-state index contributed by atoms with van der Waals surface area (Å²) in [7, 11) is 1.63. The van der Waals surface area contributed by atoms with Crippen molar-refractivity contribution in [2.75, 3.05) is 7.11 Å². The first-order valence-corrected chi connectivity index (χ1v) is 12.1. The molecule has 36 heavy (non-hydrogen) atoms. The van der Waals surface area contributed by atoms with E-state index in [-0.39, 0.29) is 0 Å². The Morgan fingerprint density at radius 1 is 0.667 bits per heavy atom. The highest BCUT2D eigenvalue weighted by Crippen LogP contribution is 2.31. The number of methoxy groups -OCH3 is 1. The fourth-order valence-electron chi connectivity index (χ4n) is 3.69. The molecule has 0 amide bonds. The Kier molecular flexibility index (Phi) is 8.71. The van der Waals surface area contributed by atoms with E-state index < -0.39 is 6.10 Å². The zero-order valence-corrected chi connectivity index (χ0v) is 21.1. The van der Waals surface area contributed by atoms with Crippen LogP contribution in [0, 0.1) is 0 Å². The van der Waals surface area contributed by atoms with Crippen molar-refractivity contribution in [2.24, 2.45) is 0 Å². The Hall–Kier alpha value is -3.67. The molecule has 0 aliphatic heterocycles. The molecule has 4 aromatic rings.